The molecule has 1 aromatic rings. The van der Waals surface area contributed by atoms with Gasteiger partial charge in [0.1, 0.15) is 5.88 Å². The van der Waals surface area contributed by atoms with Crippen molar-refractivity contribution in [3.8, 4) is 0 Å². The van der Waals surface area contributed by atoms with E-state index in [0.29, 0.717) is 5.33 Å². The van der Waals surface area contributed by atoms with E-state index in [-0.39, 0.29) is 17.2 Å². The van der Waals surface area contributed by atoms with Crippen LogP contribution in [0.4, 0.5) is 5.69 Å². The van der Waals surface area contributed by atoms with Crippen molar-refractivity contribution in [1.29, 1.82) is 0 Å². The molecule has 1 amide bonds. The van der Waals surface area contributed by atoms with E-state index >= 15 is 0 Å². The molecule has 0 spiro atoms. The Bertz CT molecular complexity index is 469. The van der Waals surface area contributed by atoms with E-state index in [9.17, 15) is 4.79 Å². The van der Waals surface area contributed by atoms with Crippen LogP contribution in [0.3, 0.4) is 0 Å². The topological polar surface area (TPSA) is 29.1 Å². The maximum Gasteiger partial charge on any atom is 0.239 e. The Kier molecular flexibility index (Phi) is 6.34. The molecule has 0 aromatic heterocycles. The Hall–Kier alpha value is -0.0600. The number of hydrogen-bond acceptors (Lipinski definition) is 1. The highest BCUT2D eigenvalue weighted by Crippen LogP contribution is 2.35. The Morgan fingerprint density at radius 2 is 1.89 bits per heavy atom. The van der Waals surface area contributed by atoms with Gasteiger partial charge in [0.15, 0.2) is 0 Å². The third-order valence-electron chi connectivity index (χ3n) is 2.88. The molecule has 0 saturated carbocycles. The maximum absolute atomic E-state index is 11.7. The van der Waals surface area contributed by atoms with Gasteiger partial charge in [0.25, 0.3) is 0 Å². The summed E-state index contributed by atoms with van der Waals surface area (Å²) >= 11 is 12.6. The smallest absolute Gasteiger partial charge is 0.239 e. The van der Waals surface area contributed by atoms with E-state index in [2.05, 4.69) is 70.1 Å². The summed E-state index contributed by atoms with van der Waals surface area (Å²) in [7, 11) is 0. The molecule has 5 heteroatoms. The minimum Gasteiger partial charge on any atom is -0.324 e. The van der Waals surface area contributed by atoms with Crippen LogP contribution in [-0.4, -0.2) is 11.8 Å². The Morgan fingerprint density at radius 3 is 2.32 bits per heavy atom. The van der Waals surface area contributed by atoms with E-state index in [4.69, 9.17) is 11.6 Å². The first-order valence-corrected chi connectivity index (χ1v) is 8.75. The zero-order valence-corrected chi connectivity index (χ0v) is 15.2. The molecule has 0 aliphatic carbocycles. The molecule has 106 valence electrons. The van der Waals surface area contributed by atoms with E-state index in [1.807, 2.05) is 0 Å². The standard InChI is InChI=1S/C14H18Br2ClNO/c1-14(2,3)11-5-4-9(6-15)10(7-16)13(11)18-12(19)8-17/h4-5H,6-8H2,1-3H3,(H,18,19). The third kappa shape index (κ3) is 4.20. The van der Waals surface area contributed by atoms with Gasteiger partial charge in [0, 0.05) is 16.3 Å². The molecular weight excluding hydrogens is 393 g/mol. The Morgan fingerprint density at radius 1 is 1.26 bits per heavy atom. The van der Waals surface area contributed by atoms with Crippen molar-refractivity contribution >= 4 is 55.1 Å². The largest absolute Gasteiger partial charge is 0.324 e. The van der Waals surface area contributed by atoms with Crippen molar-refractivity contribution in [1.82, 2.24) is 0 Å². The van der Waals surface area contributed by atoms with Gasteiger partial charge in [0.2, 0.25) is 5.91 Å². The molecule has 1 aromatic carbocycles. The van der Waals surface area contributed by atoms with Gasteiger partial charge in [-0.15, -0.1) is 11.6 Å². The lowest BCUT2D eigenvalue weighted by molar-refractivity contribution is -0.113. The number of carbonyl (C=O) groups is 1. The number of halogens is 3. The minimum atomic E-state index is -0.180. The molecule has 0 aliphatic heterocycles. The number of nitrogens with one attached hydrogen (secondary N) is 1. The highest BCUT2D eigenvalue weighted by atomic mass is 79.9. The van der Waals surface area contributed by atoms with Gasteiger partial charge in [-0.3, -0.25) is 4.79 Å². The van der Waals surface area contributed by atoms with Crippen molar-refractivity contribution in [2.24, 2.45) is 0 Å². The molecule has 0 bridgehead atoms. The fraction of sp³-hybridized carbons (Fsp3) is 0.500. The van der Waals surface area contributed by atoms with Crippen LogP contribution in [-0.2, 0) is 20.9 Å². The summed E-state index contributed by atoms with van der Waals surface area (Å²) in [6, 6.07) is 4.18. The molecule has 1 rings (SSSR count). The van der Waals surface area contributed by atoms with Gasteiger partial charge in [-0.25, -0.2) is 0 Å². The first-order chi connectivity index (χ1) is 8.85. The van der Waals surface area contributed by atoms with E-state index in [1.54, 1.807) is 0 Å². The van der Waals surface area contributed by atoms with Crippen LogP contribution >= 0.6 is 43.5 Å². The van der Waals surface area contributed by atoms with Crippen LogP contribution in [0.15, 0.2) is 12.1 Å². The molecule has 1 N–H and O–H groups in total. The zero-order valence-electron chi connectivity index (χ0n) is 11.3. The van der Waals surface area contributed by atoms with Gasteiger partial charge >= 0.3 is 0 Å². The second-order valence-corrected chi connectivity index (χ2v) is 6.71. The number of hydrogen-bond donors (Lipinski definition) is 1. The molecule has 0 fully saturated rings. The van der Waals surface area contributed by atoms with Gasteiger partial charge in [-0.2, -0.15) is 0 Å². The lowest BCUT2D eigenvalue weighted by Crippen LogP contribution is -2.21. The molecule has 0 saturated heterocycles. The zero-order chi connectivity index (χ0) is 14.6. The van der Waals surface area contributed by atoms with Crippen LogP contribution in [0.25, 0.3) is 0 Å². The summed E-state index contributed by atoms with van der Waals surface area (Å²) in [5, 5.41) is 4.38. The fourth-order valence-electron chi connectivity index (χ4n) is 1.91. The maximum atomic E-state index is 11.7. The van der Waals surface area contributed by atoms with Gasteiger partial charge in [0.05, 0.1) is 0 Å². The van der Waals surface area contributed by atoms with Crippen LogP contribution in [0.2, 0.25) is 0 Å². The summed E-state index contributed by atoms with van der Waals surface area (Å²) in [6.45, 7) is 6.39. The van der Waals surface area contributed by atoms with Crippen LogP contribution < -0.4 is 5.32 Å². The van der Waals surface area contributed by atoms with Crippen molar-refractivity contribution in [2.45, 2.75) is 36.8 Å². The predicted octanol–water partition coefficient (Wildman–Crippen LogP) is 4.95. The SMILES string of the molecule is CC(C)(C)c1ccc(CBr)c(CBr)c1NC(=O)CCl. The number of benzene rings is 1. The van der Waals surface area contributed by atoms with E-state index in [1.165, 1.54) is 0 Å². The number of rotatable bonds is 4. The molecule has 2 nitrogen and oxygen atoms in total. The first kappa shape index (κ1) is 17.0. The highest BCUT2D eigenvalue weighted by Gasteiger charge is 2.22. The lowest BCUT2D eigenvalue weighted by atomic mass is 9.83. The molecule has 0 unspecified atom stereocenters. The predicted molar refractivity (Wildman–Crippen MR) is 89.8 cm³/mol. The summed E-state index contributed by atoms with van der Waals surface area (Å²) in [4.78, 5) is 11.7. The average Bonchev–Trinajstić information content (AvgIpc) is 2.36. The molecule has 0 heterocycles. The molecule has 0 aliphatic rings. The monoisotopic (exact) mass is 409 g/mol. The second-order valence-electron chi connectivity index (χ2n) is 5.32. The van der Waals surface area contributed by atoms with E-state index in [0.717, 1.165) is 27.7 Å². The van der Waals surface area contributed by atoms with Crippen molar-refractivity contribution < 1.29 is 4.79 Å². The Labute approximate surface area is 136 Å². The number of amides is 1. The van der Waals surface area contributed by atoms with Crippen LogP contribution in [0.1, 0.15) is 37.5 Å². The highest BCUT2D eigenvalue weighted by molar-refractivity contribution is 9.09. The Balaban J connectivity index is 3.44. The van der Waals surface area contributed by atoms with Gasteiger partial charge in [-0.05, 0) is 22.1 Å². The molecule has 19 heavy (non-hydrogen) atoms. The summed E-state index contributed by atoms with van der Waals surface area (Å²) in [5.74, 6) is -0.217. The average molecular weight is 412 g/mol. The second kappa shape index (κ2) is 7.09. The van der Waals surface area contributed by atoms with E-state index < -0.39 is 0 Å². The summed E-state index contributed by atoms with van der Waals surface area (Å²) in [6.07, 6.45) is 0. The van der Waals surface area contributed by atoms with Crippen molar-refractivity contribution in [3.05, 3.63) is 28.8 Å². The molecule has 0 radical (unpaired) electrons. The van der Waals surface area contributed by atoms with Crippen molar-refractivity contribution in [3.63, 3.8) is 0 Å². The van der Waals surface area contributed by atoms with Crippen LogP contribution in [0, 0.1) is 0 Å². The first-order valence-electron chi connectivity index (χ1n) is 5.98. The minimum absolute atomic E-state index is 0.0378. The summed E-state index contributed by atoms with van der Waals surface area (Å²) < 4.78 is 0. The normalized spacial score (nSPS) is 11.5. The lowest BCUT2D eigenvalue weighted by Gasteiger charge is -2.26. The quantitative estimate of drug-likeness (QED) is 0.698. The van der Waals surface area contributed by atoms with Gasteiger partial charge < -0.3 is 5.32 Å². The third-order valence-corrected chi connectivity index (χ3v) is 4.29. The number of carbonyl (C=O) groups excluding carboxylic acids is 1. The summed E-state index contributed by atoms with van der Waals surface area (Å²) in [5.41, 5.74) is 4.21. The number of anilines is 1. The number of alkyl halides is 3. The molecule has 0 atom stereocenters. The molecular formula is C14H18Br2ClNO. The fourth-order valence-corrected chi connectivity index (χ4v) is 3.14. The van der Waals surface area contributed by atoms with Crippen molar-refractivity contribution in [2.75, 3.05) is 11.2 Å². The van der Waals surface area contributed by atoms with Crippen LogP contribution in [0.5, 0.6) is 0 Å². The van der Waals surface area contributed by atoms with Gasteiger partial charge in [-0.1, -0.05) is 64.8 Å².